The summed E-state index contributed by atoms with van der Waals surface area (Å²) in [6, 6.07) is 0. The van der Waals surface area contributed by atoms with Crippen molar-refractivity contribution < 1.29 is 0 Å². The summed E-state index contributed by atoms with van der Waals surface area (Å²) in [6.07, 6.45) is 16.7. The van der Waals surface area contributed by atoms with Gasteiger partial charge in [0.05, 0.1) is 0 Å². The van der Waals surface area contributed by atoms with Crippen molar-refractivity contribution in [3.63, 3.8) is 0 Å². The number of nitrogens with one attached hydrogen (secondary N) is 2. The van der Waals surface area contributed by atoms with Crippen molar-refractivity contribution in [1.82, 2.24) is 10.6 Å². The summed E-state index contributed by atoms with van der Waals surface area (Å²) in [5.74, 6) is 0. The van der Waals surface area contributed by atoms with E-state index in [1.807, 2.05) is 0 Å². The maximum absolute atomic E-state index is 5.39. The van der Waals surface area contributed by atoms with Crippen LogP contribution in [0.4, 0.5) is 0 Å². The summed E-state index contributed by atoms with van der Waals surface area (Å²) >= 11 is 0. The molecule has 0 unspecified atom stereocenters. The van der Waals surface area contributed by atoms with Crippen LogP contribution in [0.15, 0.2) is 12.3 Å². The Kier molecular flexibility index (Phi) is 17.0. The van der Waals surface area contributed by atoms with Crippen LogP contribution in [0.1, 0.15) is 64.7 Å². The Balaban J connectivity index is 3.00. The number of nitrogens with two attached hydrogens (primary N) is 1. The second kappa shape index (κ2) is 17.5. The molecule has 0 amide bonds. The second-order valence-corrected chi connectivity index (χ2v) is 5.16. The number of allylic oxidation sites excluding steroid dienone is 1. The first-order valence-electron chi connectivity index (χ1n) is 8.21. The molecule has 0 bridgehead atoms. The highest BCUT2D eigenvalue weighted by Crippen LogP contribution is 2.09. The van der Waals surface area contributed by atoms with Gasteiger partial charge in [0, 0.05) is 26.2 Å². The highest BCUT2D eigenvalue weighted by molar-refractivity contribution is 4.79. The second-order valence-electron chi connectivity index (χ2n) is 5.16. The van der Waals surface area contributed by atoms with Crippen LogP contribution >= 0.6 is 0 Å². The molecule has 0 radical (unpaired) electrons. The van der Waals surface area contributed by atoms with Crippen LogP contribution in [0, 0.1) is 0 Å². The molecule has 4 N–H and O–H groups in total. The van der Waals surface area contributed by atoms with E-state index >= 15 is 0 Å². The van der Waals surface area contributed by atoms with Gasteiger partial charge in [0.15, 0.2) is 0 Å². The molecule has 0 heterocycles. The third-order valence-corrected chi connectivity index (χ3v) is 3.23. The van der Waals surface area contributed by atoms with E-state index in [0.717, 1.165) is 19.6 Å². The Morgan fingerprint density at radius 3 is 2.21 bits per heavy atom. The minimum atomic E-state index is 0.717. The van der Waals surface area contributed by atoms with Gasteiger partial charge in [-0.3, -0.25) is 0 Å². The van der Waals surface area contributed by atoms with Crippen molar-refractivity contribution in [2.24, 2.45) is 5.73 Å². The van der Waals surface area contributed by atoms with E-state index in [1.54, 1.807) is 0 Å². The molecule has 0 saturated heterocycles. The molecule has 0 aromatic rings. The molecule has 0 atom stereocenters. The number of unbranched alkanes of at least 4 members (excludes halogenated alkanes) is 8. The van der Waals surface area contributed by atoms with E-state index in [1.165, 1.54) is 57.8 Å². The molecule has 0 spiro atoms. The fourth-order valence-corrected chi connectivity index (χ4v) is 2.03. The monoisotopic (exact) mass is 269 g/mol. The molecule has 0 aliphatic carbocycles. The Morgan fingerprint density at radius 2 is 1.53 bits per heavy atom. The van der Waals surface area contributed by atoms with Crippen molar-refractivity contribution >= 4 is 0 Å². The first-order chi connectivity index (χ1) is 9.41. The van der Waals surface area contributed by atoms with Crippen LogP contribution in [0.2, 0.25) is 0 Å². The normalized spacial score (nSPS) is 11.3. The number of rotatable bonds is 15. The summed E-state index contributed by atoms with van der Waals surface area (Å²) in [5.41, 5.74) is 5.39. The van der Waals surface area contributed by atoms with Crippen LogP contribution < -0.4 is 16.4 Å². The first-order valence-corrected chi connectivity index (χ1v) is 8.21. The van der Waals surface area contributed by atoms with Crippen LogP contribution in [0.3, 0.4) is 0 Å². The molecular weight excluding hydrogens is 234 g/mol. The third kappa shape index (κ3) is 17.5. The van der Waals surface area contributed by atoms with Gasteiger partial charge < -0.3 is 16.4 Å². The Morgan fingerprint density at radius 1 is 0.842 bits per heavy atom. The summed E-state index contributed by atoms with van der Waals surface area (Å²) in [6.45, 7) is 5.86. The third-order valence-electron chi connectivity index (χ3n) is 3.23. The lowest BCUT2D eigenvalue weighted by Crippen LogP contribution is -2.28. The standard InChI is InChI=1S/C16H35N3/c1-2-3-4-5-6-7-8-9-10-11-13-18-15-16-19-14-12-17/h11,13,18-19H,2-10,12,14-17H2,1H3. The van der Waals surface area contributed by atoms with Gasteiger partial charge in [-0.05, 0) is 19.0 Å². The lowest BCUT2D eigenvalue weighted by molar-refractivity contribution is 0.577. The average molecular weight is 269 g/mol. The van der Waals surface area contributed by atoms with Crippen LogP contribution in [0.25, 0.3) is 0 Å². The predicted octanol–water partition coefficient (Wildman–Crippen LogP) is 3.17. The summed E-state index contributed by atoms with van der Waals surface area (Å²) < 4.78 is 0. The van der Waals surface area contributed by atoms with E-state index < -0.39 is 0 Å². The van der Waals surface area contributed by atoms with Crippen molar-refractivity contribution in [3.8, 4) is 0 Å². The molecular formula is C16H35N3. The van der Waals surface area contributed by atoms with Gasteiger partial charge in [0.1, 0.15) is 0 Å². The zero-order valence-corrected chi connectivity index (χ0v) is 12.9. The molecule has 3 nitrogen and oxygen atoms in total. The van der Waals surface area contributed by atoms with E-state index in [9.17, 15) is 0 Å². The fraction of sp³-hybridized carbons (Fsp3) is 0.875. The number of hydrogen-bond acceptors (Lipinski definition) is 3. The SMILES string of the molecule is CCCCCCCCCCC=CNCCNCCN. The summed E-state index contributed by atoms with van der Waals surface area (Å²) in [5, 5.41) is 6.54. The highest BCUT2D eigenvalue weighted by Gasteiger charge is 1.90. The van der Waals surface area contributed by atoms with Crippen LogP contribution in [-0.2, 0) is 0 Å². The molecule has 0 rings (SSSR count). The van der Waals surface area contributed by atoms with Gasteiger partial charge in [-0.25, -0.2) is 0 Å². The predicted molar refractivity (Wildman–Crippen MR) is 86.3 cm³/mol. The molecule has 0 aliphatic rings. The molecule has 0 aromatic heterocycles. The molecule has 0 fully saturated rings. The highest BCUT2D eigenvalue weighted by atomic mass is 14.9. The minimum Gasteiger partial charge on any atom is -0.390 e. The van der Waals surface area contributed by atoms with Crippen LogP contribution in [-0.4, -0.2) is 26.2 Å². The van der Waals surface area contributed by atoms with E-state index in [0.29, 0.717) is 6.54 Å². The average Bonchev–Trinajstić information content (AvgIpc) is 2.43. The van der Waals surface area contributed by atoms with Crippen molar-refractivity contribution in [2.45, 2.75) is 64.7 Å². The Bertz CT molecular complexity index is 181. The molecule has 114 valence electrons. The maximum atomic E-state index is 5.39. The quantitative estimate of drug-likeness (QED) is 0.400. The van der Waals surface area contributed by atoms with Gasteiger partial charge >= 0.3 is 0 Å². The molecule has 3 heteroatoms. The van der Waals surface area contributed by atoms with Gasteiger partial charge in [-0.2, -0.15) is 0 Å². The maximum Gasteiger partial charge on any atom is 0.0266 e. The van der Waals surface area contributed by atoms with Crippen molar-refractivity contribution in [2.75, 3.05) is 26.2 Å². The zero-order valence-electron chi connectivity index (χ0n) is 12.9. The van der Waals surface area contributed by atoms with Crippen LogP contribution in [0.5, 0.6) is 0 Å². The van der Waals surface area contributed by atoms with Gasteiger partial charge in [-0.15, -0.1) is 0 Å². The van der Waals surface area contributed by atoms with E-state index in [-0.39, 0.29) is 0 Å². The summed E-state index contributed by atoms with van der Waals surface area (Å²) in [7, 11) is 0. The van der Waals surface area contributed by atoms with Gasteiger partial charge in [0.2, 0.25) is 0 Å². The van der Waals surface area contributed by atoms with Crippen molar-refractivity contribution in [3.05, 3.63) is 12.3 Å². The van der Waals surface area contributed by atoms with Crippen molar-refractivity contribution in [1.29, 1.82) is 0 Å². The van der Waals surface area contributed by atoms with E-state index in [4.69, 9.17) is 5.73 Å². The molecule has 0 saturated carbocycles. The largest absolute Gasteiger partial charge is 0.390 e. The van der Waals surface area contributed by atoms with E-state index in [2.05, 4.69) is 29.8 Å². The molecule has 19 heavy (non-hydrogen) atoms. The van der Waals surface area contributed by atoms with Gasteiger partial charge in [-0.1, -0.05) is 57.9 Å². The smallest absolute Gasteiger partial charge is 0.0266 e. The van der Waals surface area contributed by atoms with Gasteiger partial charge in [0.25, 0.3) is 0 Å². The fourth-order valence-electron chi connectivity index (χ4n) is 2.03. The Labute approximate surface area is 120 Å². The zero-order chi connectivity index (χ0) is 14.0. The lowest BCUT2D eigenvalue weighted by atomic mass is 10.1. The number of hydrogen-bond donors (Lipinski definition) is 3. The first kappa shape index (κ1) is 18.5. The topological polar surface area (TPSA) is 50.1 Å². The Hall–Kier alpha value is -0.540. The minimum absolute atomic E-state index is 0.717. The molecule has 0 aromatic carbocycles. The lowest BCUT2D eigenvalue weighted by Gasteiger charge is -2.02. The molecule has 0 aliphatic heterocycles. The summed E-state index contributed by atoms with van der Waals surface area (Å²) in [4.78, 5) is 0.